The molecular formula is C16H21N3O2S. The Labute approximate surface area is 135 Å². The number of fused-ring (bicyclic) bond motifs is 1. The Kier molecular flexibility index (Phi) is 4.59. The molecular weight excluding hydrogens is 298 g/mol. The molecule has 0 spiro atoms. The topological polar surface area (TPSA) is 47.5 Å². The number of aromatic nitrogens is 2. The fraction of sp³-hybridized carbons (Fsp3) is 0.500. The Morgan fingerprint density at radius 1 is 1.45 bits per heavy atom. The van der Waals surface area contributed by atoms with Gasteiger partial charge in [-0.2, -0.15) is 4.37 Å². The maximum absolute atomic E-state index is 6.08. The highest BCUT2D eigenvalue weighted by Gasteiger charge is 2.30. The van der Waals surface area contributed by atoms with Crippen LogP contribution in [-0.4, -0.2) is 42.3 Å². The lowest BCUT2D eigenvalue weighted by Gasteiger charge is -2.28. The SMILES string of the molecule is COCCc1nsc(N(C)C(C)C2Cc3ccccc3O2)n1. The van der Waals surface area contributed by atoms with Crippen molar-refractivity contribution in [3.63, 3.8) is 0 Å². The molecule has 118 valence electrons. The highest BCUT2D eigenvalue weighted by molar-refractivity contribution is 7.09. The first-order valence-electron chi connectivity index (χ1n) is 7.48. The van der Waals surface area contributed by atoms with Crippen LogP contribution in [0.2, 0.25) is 0 Å². The molecule has 0 bridgehead atoms. The van der Waals surface area contributed by atoms with Gasteiger partial charge in [0.15, 0.2) is 0 Å². The number of benzene rings is 1. The Hall–Kier alpha value is -1.66. The van der Waals surface area contributed by atoms with Gasteiger partial charge in [-0.05, 0) is 18.6 Å². The van der Waals surface area contributed by atoms with E-state index in [-0.39, 0.29) is 12.1 Å². The number of hydrogen-bond acceptors (Lipinski definition) is 6. The van der Waals surface area contributed by atoms with Crippen LogP contribution in [0, 0.1) is 0 Å². The van der Waals surface area contributed by atoms with Crippen molar-refractivity contribution in [3.8, 4) is 5.75 Å². The van der Waals surface area contributed by atoms with Gasteiger partial charge in [0.05, 0.1) is 12.6 Å². The highest BCUT2D eigenvalue weighted by Crippen LogP contribution is 2.31. The summed E-state index contributed by atoms with van der Waals surface area (Å²) < 4.78 is 15.5. The van der Waals surface area contributed by atoms with E-state index in [4.69, 9.17) is 9.47 Å². The van der Waals surface area contributed by atoms with Gasteiger partial charge in [0.25, 0.3) is 0 Å². The Bertz CT molecular complexity index is 606. The van der Waals surface area contributed by atoms with Gasteiger partial charge in [-0.1, -0.05) is 18.2 Å². The van der Waals surface area contributed by atoms with E-state index in [1.54, 1.807) is 7.11 Å². The van der Waals surface area contributed by atoms with Gasteiger partial charge < -0.3 is 14.4 Å². The van der Waals surface area contributed by atoms with Gasteiger partial charge in [0, 0.05) is 38.5 Å². The normalized spacial score (nSPS) is 17.9. The molecule has 22 heavy (non-hydrogen) atoms. The molecule has 0 amide bonds. The summed E-state index contributed by atoms with van der Waals surface area (Å²) in [7, 11) is 3.74. The van der Waals surface area contributed by atoms with Crippen LogP contribution in [0.4, 0.5) is 5.13 Å². The second-order valence-corrected chi connectivity index (χ2v) is 6.29. The van der Waals surface area contributed by atoms with Crippen molar-refractivity contribution in [2.75, 3.05) is 25.7 Å². The monoisotopic (exact) mass is 319 g/mol. The summed E-state index contributed by atoms with van der Waals surface area (Å²) in [5, 5.41) is 0.929. The number of para-hydroxylation sites is 1. The van der Waals surface area contributed by atoms with E-state index < -0.39 is 0 Å². The van der Waals surface area contributed by atoms with Crippen LogP contribution in [0.25, 0.3) is 0 Å². The summed E-state index contributed by atoms with van der Waals surface area (Å²) in [5.74, 6) is 1.85. The van der Waals surface area contributed by atoms with Gasteiger partial charge in [0.1, 0.15) is 17.7 Å². The lowest BCUT2D eigenvalue weighted by atomic mass is 10.1. The van der Waals surface area contributed by atoms with Crippen molar-refractivity contribution < 1.29 is 9.47 Å². The summed E-state index contributed by atoms with van der Waals surface area (Å²) in [6.07, 6.45) is 1.84. The third-order valence-corrected chi connectivity index (χ3v) is 4.95. The number of likely N-dealkylation sites (N-methyl/N-ethyl adjacent to an activating group) is 1. The van der Waals surface area contributed by atoms with Crippen molar-refractivity contribution in [1.82, 2.24) is 9.36 Å². The third kappa shape index (κ3) is 3.08. The van der Waals surface area contributed by atoms with Gasteiger partial charge in [-0.15, -0.1) is 0 Å². The van der Waals surface area contributed by atoms with Crippen molar-refractivity contribution >= 4 is 16.7 Å². The zero-order valence-electron chi connectivity index (χ0n) is 13.2. The first kappa shape index (κ1) is 15.2. The number of nitrogens with zero attached hydrogens (tertiary/aromatic N) is 3. The van der Waals surface area contributed by atoms with Crippen LogP contribution >= 0.6 is 11.5 Å². The maximum Gasteiger partial charge on any atom is 0.205 e. The molecule has 2 unspecified atom stereocenters. The Balaban J connectivity index is 1.65. The molecule has 1 aromatic carbocycles. The van der Waals surface area contributed by atoms with E-state index in [0.29, 0.717) is 6.61 Å². The molecule has 0 aliphatic carbocycles. The lowest BCUT2D eigenvalue weighted by molar-refractivity contribution is 0.200. The quantitative estimate of drug-likeness (QED) is 0.819. The fourth-order valence-electron chi connectivity index (χ4n) is 2.58. The van der Waals surface area contributed by atoms with Crippen LogP contribution in [0.3, 0.4) is 0 Å². The van der Waals surface area contributed by atoms with Crippen LogP contribution in [0.5, 0.6) is 5.75 Å². The largest absolute Gasteiger partial charge is 0.488 e. The summed E-state index contributed by atoms with van der Waals surface area (Å²) in [6.45, 7) is 2.82. The fourth-order valence-corrected chi connectivity index (χ4v) is 3.34. The molecule has 1 aliphatic heterocycles. The van der Waals surface area contributed by atoms with E-state index in [9.17, 15) is 0 Å². The average molecular weight is 319 g/mol. The van der Waals surface area contributed by atoms with Crippen LogP contribution in [-0.2, 0) is 17.6 Å². The zero-order chi connectivity index (χ0) is 15.5. The van der Waals surface area contributed by atoms with E-state index in [0.717, 1.165) is 29.5 Å². The first-order valence-corrected chi connectivity index (χ1v) is 8.25. The van der Waals surface area contributed by atoms with Crippen LogP contribution in [0.15, 0.2) is 24.3 Å². The number of ether oxygens (including phenoxy) is 2. The van der Waals surface area contributed by atoms with Crippen LogP contribution in [0.1, 0.15) is 18.3 Å². The molecule has 6 heteroatoms. The van der Waals surface area contributed by atoms with E-state index in [1.165, 1.54) is 17.1 Å². The Morgan fingerprint density at radius 2 is 2.27 bits per heavy atom. The van der Waals surface area contributed by atoms with Gasteiger partial charge in [-0.25, -0.2) is 4.98 Å². The number of rotatable bonds is 6. The average Bonchev–Trinajstić information content (AvgIpc) is 3.17. The molecule has 0 saturated carbocycles. The third-order valence-electron chi connectivity index (χ3n) is 4.11. The van der Waals surface area contributed by atoms with Gasteiger partial charge in [-0.3, -0.25) is 0 Å². The minimum Gasteiger partial charge on any atom is -0.488 e. The van der Waals surface area contributed by atoms with E-state index >= 15 is 0 Å². The predicted molar refractivity (Wildman–Crippen MR) is 87.9 cm³/mol. The van der Waals surface area contributed by atoms with Gasteiger partial charge in [0.2, 0.25) is 5.13 Å². The van der Waals surface area contributed by atoms with E-state index in [1.807, 2.05) is 12.1 Å². The minimum atomic E-state index is 0.147. The second kappa shape index (κ2) is 6.62. The molecule has 3 rings (SSSR count). The first-order chi connectivity index (χ1) is 10.7. The van der Waals surface area contributed by atoms with E-state index in [2.05, 4.69) is 40.4 Å². The summed E-state index contributed by atoms with van der Waals surface area (Å²) in [6, 6.07) is 8.48. The molecule has 2 heterocycles. The maximum atomic E-state index is 6.08. The van der Waals surface area contributed by atoms with Crippen LogP contribution < -0.4 is 9.64 Å². The second-order valence-electron chi connectivity index (χ2n) is 5.56. The molecule has 0 radical (unpaired) electrons. The summed E-state index contributed by atoms with van der Waals surface area (Å²) in [4.78, 5) is 6.74. The highest BCUT2D eigenvalue weighted by atomic mass is 32.1. The number of hydrogen-bond donors (Lipinski definition) is 0. The van der Waals surface area contributed by atoms with Crippen molar-refractivity contribution in [3.05, 3.63) is 35.7 Å². The van der Waals surface area contributed by atoms with Crippen molar-refractivity contribution in [1.29, 1.82) is 0 Å². The van der Waals surface area contributed by atoms with Crippen molar-refractivity contribution in [2.24, 2.45) is 0 Å². The molecule has 0 saturated heterocycles. The summed E-state index contributed by atoms with van der Waals surface area (Å²) >= 11 is 1.43. The van der Waals surface area contributed by atoms with Crippen molar-refractivity contribution in [2.45, 2.75) is 31.9 Å². The smallest absolute Gasteiger partial charge is 0.205 e. The molecule has 5 nitrogen and oxygen atoms in total. The molecule has 2 atom stereocenters. The molecule has 1 aliphatic rings. The molecule has 0 N–H and O–H groups in total. The zero-order valence-corrected chi connectivity index (χ0v) is 14.0. The standard InChI is InChI=1S/C16H21N3O2S/c1-11(14-10-12-6-4-5-7-13(12)21-14)19(2)16-17-15(18-22-16)8-9-20-3/h4-7,11,14H,8-10H2,1-3H3. The molecule has 0 fully saturated rings. The lowest BCUT2D eigenvalue weighted by Crippen LogP contribution is -2.41. The predicted octanol–water partition coefficient (Wildman–Crippen LogP) is 2.56. The number of methoxy groups -OCH3 is 1. The molecule has 2 aromatic rings. The minimum absolute atomic E-state index is 0.147. The van der Waals surface area contributed by atoms with Gasteiger partial charge >= 0.3 is 0 Å². The molecule has 1 aromatic heterocycles. The summed E-state index contributed by atoms with van der Waals surface area (Å²) in [5.41, 5.74) is 1.28. The Morgan fingerprint density at radius 3 is 3.05 bits per heavy atom. The number of anilines is 1.